The molecular weight excluding hydrogens is 339 g/mol. The molecule has 0 aliphatic rings. The molecule has 2 rings (SSSR count). The lowest BCUT2D eigenvalue weighted by Crippen LogP contribution is -2.26. The van der Waals surface area contributed by atoms with Crippen molar-refractivity contribution >= 4 is 21.6 Å². The van der Waals surface area contributed by atoms with Gasteiger partial charge >= 0.3 is 6.18 Å². The monoisotopic (exact) mass is 349 g/mol. The number of nitrogens with one attached hydrogen (secondary N) is 1. The van der Waals surface area contributed by atoms with E-state index in [0.717, 1.165) is 18.2 Å². The lowest BCUT2D eigenvalue weighted by molar-refractivity contribution is -0.139. The van der Waals surface area contributed by atoms with Gasteiger partial charge < -0.3 is 0 Å². The van der Waals surface area contributed by atoms with Crippen LogP contribution in [0.5, 0.6) is 0 Å². The fourth-order valence-electron chi connectivity index (χ4n) is 1.79. The Bertz CT molecular complexity index is 758. The number of sulfonamides is 1. The Balaban J connectivity index is 2.26. The summed E-state index contributed by atoms with van der Waals surface area (Å²) < 4.78 is 65.0. The highest BCUT2D eigenvalue weighted by molar-refractivity contribution is 7.89. The minimum absolute atomic E-state index is 0.133. The van der Waals surface area contributed by atoms with Crippen LogP contribution in [0.15, 0.2) is 53.4 Å². The van der Waals surface area contributed by atoms with Gasteiger partial charge in [-0.3, -0.25) is 0 Å². The fraction of sp³-hybridized carbons (Fsp3) is 0.143. The third-order valence-electron chi connectivity index (χ3n) is 2.86. The normalized spacial score (nSPS) is 12.4. The Kier molecular flexibility index (Phi) is 4.79. The third-order valence-corrected chi connectivity index (χ3v) is 4.57. The Hall–Kier alpha value is -1.57. The molecule has 8 heteroatoms. The quantitative estimate of drug-likeness (QED) is 0.911. The second-order valence-electron chi connectivity index (χ2n) is 4.44. The lowest BCUT2D eigenvalue weighted by Gasteiger charge is -2.13. The van der Waals surface area contributed by atoms with Crippen LogP contribution in [0.3, 0.4) is 0 Å². The van der Waals surface area contributed by atoms with Gasteiger partial charge in [-0.2, -0.15) is 13.2 Å². The summed E-state index contributed by atoms with van der Waals surface area (Å²) in [6, 6.07) is 10.3. The van der Waals surface area contributed by atoms with Gasteiger partial charge in [0.1, 0.15) is 0 Å². The van der Waals surface area contributed by atoms with Crippen LogP contribution in [0.25, 0.3) is 0 Å². The second kappa shape index (κ2) is 6.28. The number of alkyl halides is 3. The SMILES string of the molecule is O=S(=O)(NCc1ccc(Cl)cc1)c1ccccc1C(F)(F)F. The van der Waals surface area contributed by atoms with Crippen LogP contribution in [0.4, 0.5) is 13.2 Å². The van der Waals surface area contributed by atoms with E-state index in [1.807, 2.05) is 0 Å². The van der Waals surface area contributed by atoms with E-state index in [1.54, 1.807) is 24.3 Å². The highest BCUT2D eigenvalue weighted by Gasteiger charge is 2.36. The first-order chi connectivity index (χ1) is 10.2. The number of hydrogen-bond acceptors (Lipinski definition) is 2. The van der Waals surface area contributed by atoms with Gasteiger partial charge in [-0.05, 0) is 29.8 Å². The summed E-state index contributed by atoms with van der Waals surface area (Å²) in [6.45, 7) is -0.133. The molecule has 0 spiro atoms. The summed E-state index contributed by atoms with van der Waals surface area (Å²) in [5.74, 6) is 0. The lowest BCUT2D eigenvalue weighted by atomic mass is 10.2. The van der Waals surface area contributed by atoms with Gasteiger partial charge in [-0.25, -0.2) is 13.1 Å². The maximum Gasteiger partial charge on any atom is 0.417 e. The van der Waals surface area contributed by atoms with Crippen LogP contribution >= 0.6 is 11.6 Å². The molecule has 2 aromatic carbocycles. The Morgan fingerprint density at radius 2 is 1.59 bits per heavy atom. The predicted octanol–water partition coefficient (Wildman–Crippen LogP) is 3.84. The third kappa shape index (κ3) is 4.00. The molecule has 0 aliphatic carbocycles. The maximum atomic E-state index is 12.9. The average molecular weight is 350 g/mol. The summed E-state index contributed by atoms with van der Waals surface area (Å²) in [5.41, 5.74) is -0.615. The summed E-state index contributed by atoms with van der Waals surface area (Å²) >= 11 is 5.70. The minimum atomic E-state index is -4.74. The largest absolute Gasteiger partial charge is 0.417 e. The summed E-state index contributed by atoms with van der Waals surface area (Å²) in [4.78, 5) is -0.795. The number of hydrogen-bond donors (Lipinski definition) is 1. The molecule has 2 aromatic rings. The van der Waals surface area contributed by atoms with Crippen molar-refractivity contribution < 1.29 is 21.6 Å². The van der Waals surface area contributed by atoms with E-state index in [2.05, 4.69) is 4.72 Å². The summed E-state index contributed by atoms with van der Waals surface area (Å²) in [6.07, 6.45) is -4.74. The van der Waals surface area contributed by atoms with Crippen LogP contribution in [0.1, 0.15) is 11.1 Å². The average Bonchev–Trinajstić information content (AvgIpc) is 2.46. The fourth-order valence-corrected chi connectivity index (χ4v) is 3.16. The van der Waals surface area contributed by atoms with Crippen molar-refractivity contribution in [3.05, 3.63) is 64.7 Å². The first-order valence-corrected chi connectivity index (χ1v) is 7.96. The number of rotatable bonds is 4. The van der Waals surface area contributed by atoms with E-state index in [9.17, 15) is 21.6 Å². The molecule has 0 bridgehead atoms. The molecule has 118 valence electrons. The smallest absolute Gasteiger partial charge is 0.207 e. The van der Waals surface area contributed by atoms with Crippen LogP contribution < -0.4 is 4.72 Å². The molecule has 0 saturated heterocycles. The molecule has 0 saturated carbocycles. The zero-order valence-corrected chi connectivity index (χ0v) is 12.6. The molecule has 22 heavy (non-hydrogen) atoms. The van der Waals surface area contributed by atoms with E-state index >= 15 is 0 Å². The van der Waals surface area contributed by atoms with Gasteiger partial charge in [0.15, 0.2) is 0 Å². The predicted molar refractivity (Wildman–Crippen MR) is 76.9 cm³/mol. The number of benzene rings is 2. The van der Waals surface area contributed by atoms with Crippen molar-refractivity contribution in [3.8, 4) is 0 Å². The van der Waals surface area contributed by atoms with Crippen LogP contribution in [-0.2, 0) is 22.7 Å². The highest BCUT2D eigenvalue weighted by Crippen LogP contribution is 2.33. The van der Waals surface area contributed by atoms with Crippen molar-refractivity contribution in [3.63, 3.8) is 0 Å². The molecule has 0 radical (unpaired) electrons. The minimum Gasteiger partial charge on any atom is -0.207 e. The maximum absolute atomic E-state index is 12.9. The van der Waals surface area contributed by atoms with E-state index in [-0.39, 0.29) is 6.54 Å². The van der Waals surface area contributed by atoms with E-state index < -0.39 is 26.7 Å². The van der Waals surface area contributed by atoms with Gasteiger partial charge in [0.25, 0.3) is 0 Å². The molecular formula is C14H11ClF3NO2S. The molecule has 0 aliphatic heterocycles. The van der Waals surface area contributed by atoms with Crippen molar-refractivity contribution in [1.82, 2.24) is 4.72 Å². The Labute approximate surface area is 130 Å². The molecule has 3 nitrogen and oxygen atoms in total. The van der Waals surface area contributed by atoms with Crippen molar-refractivity contribution in [2.24, 2.45) is 0 Å². The molecule has 0 fully saturated rings. The molecule has 0 unspecified atom stereocenters. The summed E-state index contributed by atoms with van der Waals surface area (Å²) in [5, 5.41) is 0.481. The van der Waals surface area contributed by atoms with Crippen molar-refractivity contribution in [2.45, 2.75) is 17.6 Å². The molecule has 0 amide bonds. The first kappa shape index (κ1) is 16.8. The topological polar surface area (TPSA) is 46.2 Å². The zero-order valence-electron chi connectivity index (χ0n) is 11.1. The Morgan fingerprint density at radius 1 is 1.00 bits per heavy atom. The molecule has 0 atom stereocenters. The van der Waals surface area contributed by atoms with Gasteiger partial charge in [0, 0.05) is 11.6 Å². The molecule has 0 heterocycles. The zero-order chi connectivity index (χ0) is 16.4. The molecule has 1 N–H and O–H groups in total. The van der Waals surface area contributed by atoms with Gasteiger partial charge in [0.2, 0.25) is 10.0 Å². The van der Waals surface area contributed by atoms with Crippen molar-refractivity contribution in [2.75, 3.05) is 0 Å². The molecule has 0 aromatic heterocycles. The number of halogens is 4. The first-order valence-electron chi connectivity index (χ1n) is 6.10. The highest BCUT2D eigenvalue weighted by atomic mass is 35.5. The van der Waals surface area contributed by atoms with Crippen molar-refractivity contribution in [1.29, 1.82) is 0 Å². The van der Waals surface area contributed by atoms with E-state index in [1.165, 1.54) is 6.07 Å². The van der Waals surface area contributed by atoms with Crippen LogP contribution in [0, 0.1) is 0 Å². The van der Waals surface area contributed by atoms with Gasteiger partial charge in [-0.1, -0.05) is 35.9 Å². The van der Waals surface area contributed by atoms with E-state index in [4.69, 9.17) is 11.6 Å². The standard InChI is InChI=1S/C14H11ClF3NO2S/c15-11-7-5-10(6-8-11)9-19-22(20,21)13-4-2-1-3-12(13)14(16,17)18/h1-8,19H,9H2. The van der Waals surface area contributed by atoms with Crippen LogP contribution in [-0.4, -0.2) is 8.42 Å². The van der Waals surface area contributed by atoms with Gasteiger partial charge in [-0.15, -0.1) is 0 Å². The Morgan fingerprint density at radius 3 is 2.18 bits per heavy atom. The van der Waals surface area contributed by atoms with Crippen LogP contribution in [0.2, 0.25) is 5.02 Å². The van der Waals surface area contributed by atoms with E-state index in [0.29, 0.717) is 10.6 Å². The summed E-state index contributed by atoms with van der Waals surface area (Å²) in [7, 11) is -4.29. The van der Waals surface area contributed by atoms with Gasteiger partial charge in [0.05, 0.1) is 10.5 Å². The second-order valence-corrected chi connectivity index (χ2v) is 6.62.